The molecule has 0 radical (unpaired) electrons. The first-order chi connectivity index (χ1) is 8.69. The summed E-state index contributed by atoms with van der Waals surface area (Å²) in [5.41, 5.74) is 1.18. The molecule has 2 atom stereocenters. The van der Waals surface area contributed by atoms with Crippen molar-refractivity contribution >= 4 is 11.3 Å². The van der Waals surface area contributed by atoms with E-state index in [1.165, 1.54) is 5.69 Å². The predicted molar refractivity (Wildman–Crippen MR) is 75.3 cm³/mol. The Labute approximate surface area is 113 Å². The Kier molecular flexibility index (Phi) is 5.12. The summed E-state index contributed by atoms with van der Waals surface area (Å²) >= 11 is 1.72. The van der Waals surface area contributed by atoms with Crippen LogP contribution in [0.15, 0.2) is 5.38 Å². The zero-order valence-corrected chi connectivity index (χ0v) is 12.3. The molecule has 1 aliphatic rings. The van der Waals surface area contributed by atoms with Crippen molar-refractivity contribution in [3.05, 3.63) is 16.1 Å². The van der Waals surface area contributed by atoms with E-state index in [1.54, 1.807) is 11.3 Å². The van der Waals surface area contributed by atoms with Crippen LogP contribution < -0.4 is 5.32 Å². The fraction of sp³-hybridized carbons (Fsp3) is 0.769. The zero-order valence-electron chi connectivity index (χ0n) is 11.5. The Morgan fingerprint density at radius 3 is 3.11 bits per heavy atom. The summed E-state index contributed by atoms with van der Waals surface area (Å²) in [5, 5.41) is 6.84. The number of nitrogens with one attached hydrogen (secondary N) is 1. The molecule has 18 heavy (non-hydrogen) atoms. The van der Waals surface area contributed by atoms with Crippen molar-refractivity contribution in [3.8, 4) is 0 Å². The van der Waals surface area contributed by atoms with Gasteiger partial charge in [-0.25, -0.2) is 4.98 Å². The van der Waals surface area contributed by atoms with Gasteiger partial charge in [0.2, 0.25) is 0 Å². The Morgan fingerprint density at radius 2 is 2.50 bits per heavy atom. The van der Waals surface area contributed by atoms with Crippen molar-refractivity contribution in [1.82, 2.24) is 15.2 Å². The maximum absolute atomic E-state index is 5.91. The van der Waals surface area contributed by atoms with Gasteiger partial charge in [-0.2, -0.15) is 0 Å². The second kappa shape index (κ2) is 6.61. The molecule has 0 saturated carbocycles. The lowest BCUT2D eigenvalue weighted by atomic mass is 10.0. The van der Waals surface area contributed by atoms with Crippen molar-refractivity contribution in [3.63, 3.8) is 0 Å². The van der Waals surface area contributed by atoms with Crippen LogP contribution in [0.1, 0.15) is 17.6 Å². The number of ether oxygens (including phenoxy) is 1. The largest absolute Gasteiger partial charge is 0.374 e. The highest BCUT2D eigenvalue weighted by atomic mass is 32.1. The quantitative estimate of drug-likeness (QED) is 0.874. The van der Waals surface area contributed by atoms with Crippen LogP contribution in [0.5, 0.6) is 0 Å². The number of aryl methyl sites for hydroxylation is 1. The third kappa shape index (κ3) is 3.75. The van der Waals surface area contributed by atoms with E-state index in [2.05, 4.69) is 41.5 Å². The van der Waals surface area contributed by atoms with Crippen LogP contribution in [-0.4, -0.2) is 55.3 Å². The van der Waals surface area contributed by atoms with Crippen LogP contribution in [0.4, 0.5) is 0 Å². The monoisotopic (exact) mass is 269 g/mol. The lowest BCUT2D eigenvalue weighted by molar-refractivity contribution is -0.0382. The maximum Gasteiger partial charge on any atom is 0.0897 e. The first-order valence-electron chi connectivity index (χ1n) is 6.63. The van der Waals surface area contributed by atoms with Crippen molar-refractivity contribution in [2.45, 2.75) is 32.4 Å². The van der Waals surface area contributed by atoms with Gasteiger partial charge < -0.3 is 15.0 Å². The molecule has 0 amide bonds. The van der Waals surface area contributed by atoms with Crippen LogP contribution >= 0.6 is 11.3 Å². The number of rotatable bonds is 5. The minimum Gasteiger partial charge on any atom is -0.374 e. The lowest BCUT2D eigenvalue weighted by Crippen LogP contribution is -2.52. The molecule has 1 aromatic heterocycles. The van der Waals surface area contributed by atoms with Gasteiger partial charge in [-0.1, -0.05) is 6.92 Å². The molecule has 1 aromatic rings. The molecule has 5 heteroatoms. The van der Waals surface area contributed by atoms with Crippen molar-refractivity contribution in [2.75, 3.05) is 33.3 Å². The summed E-state index contributed by atoms with van der Waals surface area (Å²) < 4.78 is 5.91. The topological polar surface area (TPSA) is 37.4 Å². The molecule has 0 spiro atoms. The van der Waals surface area contributed by atoms with Crippen LogP contribution in [0.2, 0.25) is 0 Å². The number of aromatic nitrogens is 1. The smallest absolute Gasteiger partial charge is 0.0897 e. The van der Waals surface area contributed by atoms with Gasteiger partial charge in [0.15, 0.2) is 0 Å². The SMILES string of the molecule is CCNC(Cc1csc(C)n1)C1CN(C)CCO1. The van der Waals surface area contributed by atoms with Gasteiger partial charge in [0.05, 0.1) is 23.4 Å². The van der Waals surface area contributed by atoms with Crippen molar-refractivity contribution < 1.29 is 4.74 Å². The summed E-state index contributed by atoms with van der Waals surface area (Å²) in [7, 11) is 2.16. The Balaban J connectivity index is 1.98. The molecule has 1 saturated heterocycles. The van der Waals surface area contributed by atoms with Gasteiger partial charge in [0.1, 0.15) is 0 Å². The summed E-state index contributed by atoms with van der Waals surface area (Å²) in [6.07, 6.45) is 1.22. The van der Waals surface area contributed by atoms with Gasteiger partial charge in [-0.3, -0.25) is 0 Å². The Bertz CT molecular complexity index is 369. The average Bonchev–Trinajstić information content (AvgIpc) is 2.74. The van der Waals surface area contributed by atoms with Gasteiger partial charge in [0.25, 0.3) is 0 Å². The highest BCUT2D eigenvalue weighted by molar-refractivity contribution is 7.09. The molecule has 2 rings (SSSR count). The van der Waals surface area contributed by atoms with Crippen LogP contribution in [0.25, 0.3) is 0 Å². The minimum absolute atomic E-state index is 0.269. The van der Waals surface area contributed by atoms with E-state index in [9.17, 15) is 0 Å². The highest BCUT2D eigenvalue weighted by Gasteiger charge is 2.26. The maximum atomic E-state index is 5.91. The molecule has 2 unspecified atom stereocenters. The standard InChI is InChI=1S/C13H23N3OS/c1-4-14-12(7-11-9-18-10(2)15-11)13-8-16(3)5-6-17-13/h9,12-14H,4-8H2,1-3H3. The molecule has 0 aliphatic carbocycles. The molecular formula is C13H23N3OS. The van der Waals surface area contributed by atoms with Gasteiger partial charge in [0, 0.05) is 30.9 Å². The van der Waals surface area contributed by atoms with Gasteiger partial charge >= 0.3 is 0 Å². The number of likely N-dealkylation sites (N-methyl/N-ethyl adjacent to an activating group) is 2. The molecule has 2 heterocycles. The fourth-order valence-electron chi connectivity index (χ4n) is 2.38. The normalized spacial score (nSPS) is 23.2. The van der Waals surface area contributed by atoms with Crippen LogP contribution in [-0.2, 0) is 11.2 Å². The molecule has 1 aliphatic heterocycles. The summed E-state index contributed by atoms with van der Waals surface area (Å²) in [4.78, 5) is 6.89. The third-order valence-electron chi connectivity index (χ3n) is 3.31. The van der Waals surface area contributed by atoms with E-state index in [0.29, 0.717) is 6.04 Å². The fourth-order valence-corrected chi connectivity index (χ4v) is 3.00. The second-order valence-corrected chi connectivity index (χ2v) is 5.96. The van der Waals surface area contributed by atoms with E-state index in [1.807, 2.05) is 0 Å². The molecule has 1 N–H and O–H groups in total. The lowest BCUT2D eigenvalue weighted by Gasteiger charge is -2.35. The Hall–Kier alpha value is -0.490. The number of hydrogen-bond donors (Lipinski definition) is 1. The van der Waals surface area contributed by atoms with Crippen LogP contribution in [0.3, 0.4) is 0 Å². The molecule has 0 bridgehead atoms. The summed E-state index contributed by atoms with van der Waals surface area (Å²) in [6, 6.07) is 0.360. The van der Waals surface area contributed by atoms with E-state index >= 15 is 0 Å². The molecular weight excluding hydrogens is 246 g/mol. The van der Waals surface area contributed by atoms with Gasteiger partial charge in [-0.15, -0.1) is 11.3 Å². The average molecular weight is 269 g/mol. The van der Waals surface area contributed by atoms with E-state index in [-0.39, 0.29) is 6.10 Å². The number of thiazole rings is 1. The third-order valence-corrected chi connectivity index (χ3v) is 4.13. The zero-order chi connectivity index (χ0) is 13.0. The van der Waals surface area contributed by atoms with E-state index in [0.717, 1.165) is 37.7 Å². The molecule has 102 valence electrons. The summed E-state index contributed by atoms with van der Waals surface area (Å²) in [5.74, 6) is 0. The first kappa shape index (κ1) is 13.9. The predicted octanol–water partition coefficient (Wildman–Crippen LogP) is 1.30. The second-order valence-electron chi connectivity index (χ2n) is 4.90. The van der Waals surface area contributed by atoms with E-state index in [4.69, 9.17) is 4.74 Å². The number of hydrogen-bond acceptors (Lipinski definition) is 5. The number of nitrogens with zero attached hydrogens (tertiary/aromatic N) is 2. The molecule has 0 aromatic carbocycles. The number of morpholine rings is 1. The molecule has 1 fully saturated rings. The molecule has 4 nitrogen and oxygen atoms in total. The van der Waals surface area contributed by atoms with Crippen molar-refractivity contribution in [2.24, 2.45) is 0 Å². The van der Waals surface area contributed by atoms with Crippen LogP contribution in [0, 0.1) is 6.92 Å². The first-order valence-corrected chi connectivity index (χ1v) is 7.51. The van der Waals surface area contributed by atoms with E-state index < -0.39 is 0 Å². The van der Waals surface area contributed by atoms with Gasteiger partial charge in [-0.05, 0) is 20.5 Å². The highest BCUT2D eigenvalue weighted by Crippen LogP contribution is 2.15. The summed E-state index contributed by atoms with van der Waals surface area (Å²) in [6.45, 7) is 8.04. The van der Waals surface area contributed by atoms with Crippen molar-refractivity contribution in [1.29, 1.82) is 0 Å². The minimum atomic E-state index is 0.269. The Morgan fingerprint density at radius 1 is 1.67 bits per heavy atom.